The molecule has 25 heavy (non-hydrogen) atoms. The molecule has 6 nitrogen and oxygen atoms in total. The Kier molecular flexibility index (Phi) is 7.34. The lowest BCUT2D eigenvalue weighted by atomic mass is 10.1. The first-order valence-electron chi connectivity index (χ1n) is 7.92. The first kappa shape index (κ1) is 20.3. The fourth-order valence-electron chi connectivity index (χ4n) is 2.92. The number of hydrogen-bond acceptors (Lipinski definition) is 4. The quantitative estimate of drug-likeness (QED) is 0.809. The number of rotatable bonds is 2. The molecule has 0 radical (unpaired) electrons. The van der Waals surface area contributed by atoms with Crippen LogP contribution in [0.4, 0.5) is 0 Å². The summed E-state index contributed by atoms with van der Waals surface area (Å²) in [6, 6.07) is 5.00. The van der Waals surface area contributed by atoms with Gasteiger partial charge in [-0.15, -0.1) is 12.4 Å². The minimum absolute atomic E-state index is 0. The summed E-state index contributed by atoms with van der Waals surface area (Å²) in [5.74, 6) is -0.224. The lowest BCUT2D eigenvalue weighted by molar-refractivity contribution is -0.146. The fraction of sp³-hybridized carbons (Fsp3) is 0.500. The van der Waals surface area contributed by atoms with E-state index in [0.29, 0.717) is 54.9 Å². The number of ether oxygens (including phenoxy) is 1. The van der Waals surface area contributed by atoms with Crippen LogP contribution in [0.25, 0.3) is 0 Å². The highest BCUT2D eigenvalue weighted by Gasteiger charge is 2.31. The van der Waals surface area contributed by atoms with Gasteiger partial charge in [-0.2, -0.15) is 0 Å². The van der Waals surface area contributed by atoms with Crippen molar-refractivity contribution >= 4 is 47.4 Å². The molecule has 2 aliphatic heterocycles. The molecule has 0 spiro atoms. The van der Waals surface area contributed by atoms with Crippen LogP contribution in [0, 0.1) is 0 Å². The van der Waals surface area contributed by atoms with Gasteiger partial charge in [-0.1, -0.05) is 29.3 Å². The molecule has 1 aromatic rings. The Labute approximate surface area is 162 Å². The monoisotopic (exact) mass is 407 g/mol. The molecule has 1 aromatic carbocycles. The van der Waals surface area contributed by atoms with Crippen molar-refractivity contribution in [1.82, 2.24) is 15.1 Å². The second-order valence-corrected chi connectivity index (χ2v) is 6.59. The second kappa shape index (κ2) is 9.05. The van der Waals surface area contributed by atoms with E-state index in [0.717, 1.165) is 6.54 Å². The third-order valence-corrected chi connectivity index (χ3v) is 4.89. The molecular weight excluding hydrogens is 389 g/mol. The van der Waals surface area contributed by atoms with Gasteiger partial charge in [0.15, 0.2) is 0 Å². The number of hydrogen-bond donors (Lipinski definition) is 1. The fourth-order valence-corrected chi connectivity index (χ4v) is 3.48. The molecule has 2 aliphatic rings. The van der Waals surface area contributed by atoms with Crippen LogP contribution in [-0.4, -0.2) is 73.6 Å². The molecule has 0 bridgehead atoms. The smallest absolute Gasteiger partial charge is 0.257 e. The van der Waals surface area contributed by atoms with E-state index in [1.165, 1.54) is 0 Å². The maximum absolute atomic E-state index is 12.6. The molecular formula is C16H20Cl3N3O3. The molecule has 0 aliphatic carbocycles. The van der Waals surface area contributed by atoms with Gasteiger partial charge >= 0.3 is 0 Å². The van der Waals surface area contributed by atoms with Crippen molar-refractivity contribution in [2.45, 2.75) is 6.10 Å². The van der Waals surface area contributed by atoms with Crippen molar-refractivity contribution in [3.63, 3.8) is 0 Å². The Morgan fingerprint density at radius 3 is 2.24 bits per heavy atom. The van der Waals surface area contributed by atoms with E-state index >= 15 is 0 Å². The van der Waals surface area contributed by atoms with Crippen molar-refractivity contribution < 1.29 is 14.3 Å². The third-order valence-electron chi connectivity index (χ3n) is 4.26. The van der Waals surface area contributed by atoms with Crippen LogP contribution in [0.3, 0.4) is 0 Å². The van der Waals surface area contributed by atoms with Gasteiger partial charge in [-0.25, -0.2) is 0 Å². The topological polar surface area (TPSA) is 61.9 Å². The van der Waals surface area contributed by atoms with Crippen molar-refractivity contribution in [2.75, 3.05) is 45.9 Å². The Morgan fingerprint density at radius 1 is 1.08 bits per heavy atom. The number of morpholine rings is 1. The molecule has 1 atom stereocenters. The third kappa shape index (κ3) is 4.57. The average Bonchev–Trinajstić information content (AvgIpc) is 2.62. The van der Waals surface area contributed by atoms with E-state index in [4.69, 9.17) is 27.9 Å². The number of halogens is 3. The van der Waals surface area contributed by atoms with Crippen molar-refractivity contribution in [1.29, 1.82) is 0 Å². The van der Waals surface area contributed by atoms with Gasteiger partial charge in [0, 0.05) is 39.3 Å². The van der Waals surface area contributed by atoms with Gasteiger partial charge in [-0.3, -0.25) is 9.59 Å². The molecule has 2 amide bonds. The molecule has 9 heteroatoms. The van der Waals surface area contributed by atoms with Crippen LogP contribution < -0.4 is 5.32 Å². The van der Waals surface area contributed by atoms with Gasteiger partial charge in [0.2, 0.25) is 0 Å². The number of benzene rings is 1. The van der Waals surface area contributed by atoms with Crippen LogP contribution in [-0.2, 0) is 9.53 Å². The summed E-state index contributed by atoms with van der Waals surface area (Å²) in [5, 5.41) is 3.83. The molecule has 3 rings (SSSR count). The number of nitrogens with zero attached hydrogens (tertiary/aromatic N) is 2. The summed E-state index contributed by atoms with van der Waals surface area (Å²) < 4.78 is 5.50. The lowest BCUT2D eigenvalue weighted by Gasteiger charge is -2.37. The van der Waals surface area contributed by atoms with Crippen molar-refractivity contribution in [2.24, 2.45) is 0 Å². The summed E-state index contributed by atoms with van der Waals surface area (Å²) in [4.78, 5) is 28.5. The van der Waals surface area contributed by atoms with E-state index in [2.05, 4.69) is 5.32 Å². The lowest BCUT2D eigenvalue weighted by Crippen LogP contribution is -2.56. The number of nitrogens with one attached hydrogen (secondary N) is 1. The molecule has 1 unspecified atom stereocenters. The maximum Gasteiger partial charge on any atom is 0.257 e. The molecule has 2 fully saturated rings. The predicted molar refractivity (Wildman–Crippen MR) is 98.8 cm³/mol. The van der Waals surface area contributed by atoms with Crippen molar-refractivity contribution in [3.8, 4) is 0 Å². The highest BCUT2D eigenvalue weighted by molar-refractivity contribution is 6.39. The normalized spacial score (nSPS) is 20.8. The highest BCUT2D eigenvalue weighted by Crippen LogP contribution is 2.26. The van der Waals surface area contributed by atoms with Crippen LogP contribution in [0.2, 0.25) is 10.0 Å². The number of carbonyl (C=O) groups excluding carboxylic acids is 2. The van der Waals surface area contributed by atoms with Gasteiger partial charge < -0.3 is 19.9 Å². The maximum atomic E-state index is 12.6. The summed E-state index contributed by atoms with van der Waals surface area (Å²) in [6.07, 6.45) is -0.431. The largest absolute Gasteiger partial charge is 0.366 e. The number of piperazine rings is 1. The summed E-state index contributed by atoms with van der Waals surface area (Å²) in [7, 11) is 0. The zero-order chi connectivity index (χ0) is 17.1. The molecule has 1 N–H and O–H groups in total. The first-order chi connectivity index (χ1) is 11.6. The number of carbonyl (C=O) groups is 2. The van der Waals surface area contributed by atoms with Crippen molar-refractivity contribution in [3.05, 3.63) is 33.8 Å². The minimum atomic E-state index is -0.431. The van der Waals surface area contributed by atoms with Gasteiger partial charge in [0.25, 0.3) is 11.8 Å². The second-order valence-electron chi connectivity index (χ2n) is 5.78. The molecule has 2 heterocycles. The molecule has 2 saturated heterocycles. The standard InChI is InChI=1S/C16H19Cl2N3O3.ClH/c17-11-2-1-3-12(18)14(11)16(23)21-7-5-20(6-8-21)15(22)13-10-19-4-9-24-13;/h1-3,13,19H,4-10H2;1H. The summed E-state index contributed by atoms with van der Waals surface area (Å²) >= 11 is 12.2. The number of amides is 2. The van der Waals surface area contributed by atoms with Gasteiger partial charge in [-0.05, 0) is 12.1 Å². The Morgan fingerprint density at radius 2 is 1.68 bits per heavy atom. The predicted octanol–water partition coefficient (Wildman–Crippen LogP) is 1.69. The van der Waals surface area contributed by atoms with Crippen LogP contribution >= 0.6 is 35.6 Å². The van der Waals surface area contributed by atoms with E-state index in [1.807, 2.05) is 0 Å². The molecule has 138 valence electrons. The van der Waals surface area contributed by atoms with Crippen LogP contribution in [0.5, 0.6) is 0 Å². The van der Waals surface area contributed by atoms with Gasteiger partial charge in [0.1, 0.15) is 6.10 Å². The Bertz CT molecular complexity index is 610. The van der Waals surface area contributed by atoms with E-state index in [9.17, 15) is 9.59 Å². The van der Waals surface area contributed by atoms with Crippen LogP contribution in [0.15, 0.2) is 18.2 Å². The Balaban J connectivity index is 0.00000225. The Hall–Kier alpha value is -1.05. The first-order valence-corrected chi connectivity index (χ1v) is 8.68. The highest BCUT2D eigenvalue weighted by atomic mass is 35.5. The SMILES string of the molecule is Cl.O=C(c1c(Cl)cccc1Cl)N1CCN(C(=O)C2CNCCO2)CC1. The molecule has 0 aromatic heterocycles. The zero-order valence-corrected chi connectivity index (χ0v) is 15.9. The minimum Gasteiger partial charge on any atom is -0.366 e. The summed E-state index contributed by atoms with van der Waals surface area (Å²) in [6.45, 7) is 3.70. The molecule has 0 saturated carbocycles. The summed E-state index contributed by atoms with van der Waals surface area (Å²) in [5.41, 5.74) is 0.320. The van der Waals surface area contributed by atoms with E-state index in [-0.39, 0.29) is 24.2 Å². The average molecular weight is 409 g/mol. The van der Waals surface area contributed by atoms with E-state index in [1.54, 1.807) is 28.0 Å². The van der Waals surface area contributed by atoms with E-state index < -0.39 is 6.10 Å². The van der Waals surface area contributed by atoms with Crippen LogP contribution in [0.1, 0.15) is 10.4 Å². The van der Waals surface area contributed by atoms with Gasteiger partial charge in [0.05, 0.1) is 22.2 Å². The zero-order valence-electron chi connectivity index (χ0n) is 13.5.